The first-order valence-electron chi connectivity index (χ1n) is 10.0. The van der Waals surface area contributed by atoms with E-state index in [1.165, 1.54) is 5.56 Å². The van der Waals surface area contributed by atoms with E-state index in [0.717, 1.165) is 22.6 Å². The van der Waals surface area contributed by atoms with Crippen molar-refractivity contribution in [3.8, 4) is 5.69 Å². The summed E-state index contributed by atoms with van der Waals surface area (Å²) in [6.45, 7) is 7.95. The van der Waals surface area contributed by atoms with Gasteiger partial charge in [0.15, 0.2) is 6.10 Å². The van der Waals surface area contributed by atoms with Gasteiger partial charge in [0.25, 0.3) is 5.91 Å². The molecule has 2 aromatic carbocycles. The minimum absolute atomic E-state index is 0.237. The van der Waals surface area contributed by atoms with Crippen LogP contribution in [0.2, 0.25) is 0 Å². The van der Waals surface area contributed by atoms with Gasteiger partial charge >= 0.3 is 5.97 Å². The van der Waals surface area contributed by atoms with Gasteiger partial charge in [-0.1, -0.05) is 48.0 Å². The SMILES string of the molecule is Cc1ccc(-n2c(C)cc(C(=O)O[C@@H](C)C(=O)N(C)Cc3ccccc3)c2C)cc1. The number of amides is 1. The number of rotatable bonds is 6. The molecule has 0 fully saturated rings. The molecule has 0 aliphatic carbocycles. The Bertz CT molecular complexity index is 1040. The molecule has 0 bridgehead atoms. The predicted octanol–water partition coefficient (Wildman–Crippen LogP) is 4.61. The lowest BCUT2D eigenvalue weighted by molar-refractivity contribution is -0.139. The van der Waals surface area contributed by atoms with Crippen LogP contribution in [0.25, 0.3) is 5.69 Å². The number of benzene rings is 2. The molecule has 5 heteroatoms. The molecule has 156 valence electrons. The van der Waals surface area contributed by atoms with Crippen molar-refractivity contribution >= 4 is 11.9 Å². The molecule has 0 saturated carbocycles. The van der Waals surface area contributed by atoms with Gasteiger partial charge in [0.2, 0.25) is 0 Å². The summed E-state index contributed by atoms with van der Waals surface area (Å²) in [6, 6.07) is 19.6. The number of esters is 1. The van der Waals surface area contributed by atoms with Gasteiger partial charge in [-0.2, -0.15) is 0 Å². The van der Waals surface area contributed by atoms with Gasteiger partial charge in [-0.05, 0) is 51.5 Å². The fourth-order valence-corrected chi connectivity index (χ4v) is 3.58. The summed E-state index contributed by atoms with van der Waals surface area (Å²) >= 11 is 0. The van der Waals surface area contributed by atoms with Crippen molar-refractivity contribution in [2.45, 2.75) is 40.3 Å². The van der Waals surface area contributed by atoms with Crippen molar-refractivity contribution in [3.05, 3.63) is 88.7 Å². The molecule has 3 aromatic rings. The molecular weight excluding hydrogens is 376 g/mol. The first-order chi connectivity index (χ1) is 14.3. The molecular formula is C25H28N2O3. The summed E-state index contributed by atoms with van der Waals surface area (Å²) in [4.78, 5) is 27.0. The highest BCUT2D eigenvalue weighted by Gasteiger charge is 2.25. The smallest absolute Gasteiger partial charge is 0.340 e. The van der Waals surface area contributed by atoms with Crippen LogP contribution < -0.4 is 0 Å². The molecule has 1 aromatic heterocycles. The number of hydrogen-bond donors (Lipinski definition) is 0. The third-order valence-electron chi connectivity index (χ3n) is 5.21. The molecule has 0 saturated heterocycles. The van der Waals surface area contributed by atoms with E-state index in [1.54, 1.807) is 18.9 Å². The molecule has 0 aliphatic heterocycles. The van der Waals surface area contributed by atoms with Gasteiger partial charge in [0.1, 0.15) is 0 Å². The molecule has 5 nitrogen and oxygen atoms in total. The zero-order chi connectivity index (χ0) is 21.8. The van der Waals surface area contributed by atoms with E-state index >= 15 is 0 Å². The molecule has 0 unspecified atom stereocenters. The quantitative estimate of drug-likeness (QED) is 0.564. The molecule has 1 atom stereocenters. The van der Waals surface area contributed by atoms with Crippen molar-refractivity contribution in [2.24, 2.45) is 0 Å². The highest BCUT2D eigenvalue weighted by atomic mass is 16.5. The van der Waals surface area contributed by atoms with Crippen LogP contribution >= 0.6 is 0 Å². The molecule has 0 N–H and O–H groups in total. The number of hydrogen-bond acceptors (Lipinski definition) is 3. The second-order valence-electron chi connectivity index (χ2n) is 7.68. The lowest BCUT2D eigenvalue weighted by atomic mass is 10.2. The van der Waals surface area contributed by atoms with E-state index < -0.39 is 12.1 Å². The Labute approximate surface area is 177 Å². The zero-order valence-electron chi connectivity index (χ0n) is 18.2. The monoisotopic (exact) mass is 404 g/mol. The first-order valence-corrected chi connectivity index (χ1v) is 10.0. The minimum Gasteiger partial charge on any atom is -0.449 e. The summed E-state index contributed by atoms with van der Waals surface area (Å²) in [7, 11) is 1.71. The Morgan fingerprint density at radius 1 is 1.00 bits per heavy atom. The van der Waals surface area contributed by atoms with Gasteiger partial charge in [-0.3, -0.25) is 4.79 Å². The molecule has 3 rings (SSSR count). The van der Waals surface area contributed by atoms with Crippen molar-refractivity contribution in [1.82, 2.24) is 9.47 Å². The average Bonchev–Trinajstić information content (AvgIpc) is 3.03. The first kappa shape index (κ1) is 21.4. The minimum atomic E-state index is -0.867. The Balaban J connectivity index is 1.71. The number of ether oxygens (including phenoxy) is 1. The van der Waals surface area contributed by atoms with Crippen molar-refractivity contribution in [2.75, 3.05) is 7.05 Å². The lowest BCUT2D eigenvalue weighted by Crippen LogP contribution is -2.37. The van der Waals surface area contributed by atoms with E-state index in [1.807, 2.05) is 86.0 Å². The number of carbonyl (C=O) groups is 2. The standard InChI is InChI=1S/C25H28N2O3/c1-17-11-13-22(14-12-17)27-18(2)15-23(19(27)3)25(29)30-20(4)24(28)26(5)16-21-9-7-6-8-10-21/h6-15,20H,16H2,1-5H3/t20-/m0/s1. The maximum Gasteiger partial charge on any atom is 0.340 e. The van der Waals surface area contributed by atoms with Gasteiger partial charge in [0.05, 0.1) is 5.56 Å². The van der Waals surface area contributed by atoms with Crippen LogP contribution in [0.3, 0.4) is 0 Å². The Hall–Kier alpha value is -3.34. The third-order valence-corrected chi connectivity index (χ3v) is 5.21. The van der Waals surface area contributed by atoms with Gasteiger partial charge in [0, 0.05) is 30.7 Å². The van der Waals surface area contributed by atoms with Gasteiger partial charge < -0.3 is 14.2 Å². The second kappa shape index (κ2) is 8.99. The average molecular weight is 405 g/mol. The molecule has 1 heterocycles. The highest BCUT2D eigenvalue weighted by molar-refractivity contribution is 5.93. The largest absolute Gasteiger partial charge is 0.449 e. The van der Waals surface area contributed by atoms with Crippen LogP contribution in [0.1, 0.15) is 39.8 Å². The topological polar surface area (TPSA) is 51.5 Å². The Morgan fingerprint density at radius 3 is 2.27 bits per heavy atom. The Morgan fingerprint density at radius 2 is 1.63 bits per heavy atom. The number of aromatic nitrogens is 1. The predicted molar refractivity (Wildman–Crippen MR) is 118 cm³/mol. The molecule has 30 heavy (non-hydrogen) atoms. The number of carbonyl (C=O) groups excluding carboxylic acids is 2. The van der Waals surface area contributed by atoms with Gasteiger partial charge in [-0.25, -0.2) is 4.79 Å². The third kappa shape index (κ3) is 4.62. The van der Waals surface area contributed by atoms with Crippen LogP contribution in [0.15, 0.2) is 60.7 Å². The Kier molecular flexibility index (Phi) is 6.40. The van der Waals surface area contributed by atoms with E-state index in [9.17, 15) is 9.59 Å². The maximum absolute atomic E-state index is 12.8. The van der Waals surface area contributed by atoms with E-state index in [0.29, 0.717) is 12.1 Å². The van der Waals surface area contributed by atoms with Crippen LogP contribution in [-0.4, -0.2) is 34.5 Å². The van der Waals surface area contributed by atoms with Crippen LogP contribution in [-0.2, 0) is 16.1 Å². The van der Waals surface area contributed by atoms with Gasteiger partial charge in [-0.15, -0.1) is 0 Å². The van der Waals surface area contributed by atoms with Crippen LogP contribution in [0, 0.1) is 20.8 Å². The molecule has 0 aliphatic rings. The molecule has 0 radical (unpaired) electrons. The normalized spacial score (nSPS) is 11.8. The summed E-state index contributed by atoms with van der Waals surface area (Å²) in [5.41, 5.74) is 5.38. The summed E-state index contributed by atoms with van der Waals surface area (Å²) < 4.78 is 7.54. The van der Waals surface area contributed by atoms with E-state index in [-0.39, 0.29) is 5.91 Å². The highest BCUT2D eigenvalue weighted by Crippen LogP contribution is 2.22. The fraction of sp³-hybridized carbons (Fsp3) is 0.280. The summed E-state index contributed by atoms with van der Waals surface area (Å²) in [6.07, 6.45) is -0.867. The van der Waals surface area contributed by atoms with Crippen molar-refractivity contribution in [1.29, 1.82) is 0 Å². The second-order valence-corrected chi connectivity index (χ2v) is 7.68. The van der Waals surface area contributed by atoms with Crippen LogP contribution in [0.5, 0.6) is 0 Å². The number of aryl methyl sites for hydroxylation is 2. The fourth-order valence-electron chi connectivity index (χ4n) is 3.58. The van der Waals surface area contributed by atoms with Crippen molar-refractivity contribution in [3.63, 3.8) is 0 Å². The number of likely N-dealkylation sites (N-methyl/N-ethyl adjacent to an activating group) is 1. The maximum atomic E-state index is 12.8. The summed E-state index contributed by atoms with van der Waals surface area (Å²) in [5, 5.41) is 0. The van der Waals surface area contributed by atoms with E-state index in [4.69, 9.17) is 4.74 Å². The summed E-state index contributed by atoms with van der Waals surface area (Å²) in [5.74, 6) is -0.727. The van der Waals surface area contributed by atoms with Crippen molar-refractivity contribution < 1.29 is 14.3 Å². The molecule has 0 spiro atoms. The number of nitrogens with zero attached hydrogens (tertiary/aromatic N) is 2. The van der Waals surface area contributed by atoms with E-state index in [2.05, 4.69) is 0 Å². The molecule has 1 amide bonds. The van der Waals surface area contributed by atoms with Crippen LogP contribution in [0.4, 0.5) is 0 Å². The lowest BCUT2D eigenvalue weighted by Gasteiger charge is -2.21. The zero-order valence-corrected chi connectivity index (χ0v) is 18.2.